The van der Waals surface area contributed by atoms with E-state index in [2.05, 4.69) is 13.5 Å². The number of hydrogen-bond donors (Lipinski definition) is 17. The molecule has 9 fully saturated rings. The molecule has 0 aromatic rings. The number of aliphatic hydroxyl groups is 17. The Balaban J connectivity index is 0.968. The lowest BCUT2D eigenvalue weighted by atomic mass is 9.41. The lowest BCUT2D eigenvalue weighted by Crippen LogP contribution is -2.68. The third-order valence-electron chi connectivity index (χ3n) is 19.2. The summed E-state index contributed by atoms with van der Waals surface area (Å²) in [5.74, 6) is -1.14. The average molecular weight is 1130 g/mol. The predicted octanol–water partition coefficient (Wildman–Crippen LogP) is -7.29. The number of aliphatic hydroxyl groups excluding tert-OH is 17. The molecule has 5 saturated heterocycles. The smallest absolute Gasteiger partial charge is 0.314 e. The van der Waals surface area contributed by atoms with E-state index in [1.165, 1.54) is 0 Å². The second-order valence-electron chi connectivity index (χ2n) is 23.6. The molecule has 4 aliphatic carbocycles. The minimum atomic E-state index is -1.99. The van der Waals surface area contributed by atoms with Gasteiger partial charge in [-0.25, -0.2) is 0 Å². The zero-order valence-corrected chi connectivity index (χ0v) is 43.3. The molecule has 0 aromatic carbocycles. The lowest BCUT2D eigenvalue weighted by Gasteiger charge is -2.64. The summed E-state index contributed by atoms with van der Waals surface area (Å²) in [6, 6.07) is 0. The van der Waals surface area contributed by atoms with E-state index in [4.69, 9.17) is 47.4 Å². The summed E-state index contributed by atoms with van der Waals surface area (Å²) in [7, 11) is 0. The Labute approximate surface area is 448 Å². The Morgan fingerprint density at radius 2 is 0.910 bits per heavy atom. The molecule has 78 heavy (non-hydrogen) atoms. The molecule has 0 amide bonds. The van der Waals surface area contributed by atoms with Crippen molar-refractivity contribution in [2.24, 2.45) is 28.1 Å². The number of carbonyl (C=O) groups excluding carboxylic acids is 1. The van der Waals surface area contributed by atoms with Crippen molar-refractivity contribution in [3.8, 4) is 0 Å². The van der Waals surface area contributed by atoms with Crippen LogP contribution >= 0.6 is 0 Å². The van der Waals surface area contributed by atoms with Gasteiger partial charge in [-0.2, -0.15) is 0 Å². The van der Waals surface area contributed by atoms with Gasteiger partial charge in [-0.05, 0) is 86.5 Å². The normalized spacial score (nSPS) is 54.5. The Bertz CT molecular complexity index is 2070. The summed E-state index contributed by atoms with van der Waals surface area (Å²) in [4.78, 5) is 14.9. The topological polar surface area (TPSA) is 453 Å². The van der Waals surface area contributed by atoms with Crippen molar-refractivity contribution in [3.05, 3.63) is 12.2 Å². The fourth-order valence-electron chi connectivity index (χ4n) is 15.0. The molecule has 28 nitrogen and oxygen atoms in total. The number of esters is 1. The molecule has 9 rings (SSSR count). The van der Waals surface area contributed by atoms with E-state index in [1.54, 1.807) is 6.92 Å². The molecule has 2 bridgehead atoms. The monoisotopic (exact) mass is 1130 g/mol. The van der Waals surface area contributed by atoms with Crippen molar-refractivity contribution in [2.75, 3.05) is 33.0 Å². The van der Waals surface area contributed by atoms with Gasteiger partial charge in [0.1, 0.15) is 116 Å². The third kappa shape index (κ3) is 10.3. The van der Waals surface area contributed by atoms with Gasteiger partial charge in [-0.1, -0.05) is 19.9 Å². The maximum Gasteiger partial charge on any atom is 0.314 e. The van der Waals surface area contributed by atoms with Crippen LogP contribution in [0.4, 0.5) is 0 Å². The molecule has 1 spiro atoms. The summed E-state index contributed by atoms with van der Waals surface area (Å²) < 4.78 is 60.3. The fraction of sp³-hybridized carbons (Fsp3) is 0.940. The molecule has 4 saturated carbocycles. The van der Waals surface area contributed by atoms with E-state index in [1.807, 2.05) is 0 Å². The minimum absolute atomic E-state index is 0.0705. The maximum atomic E-state index is 14.9. The molecule has 5 aliphatic heterocycles. The van der Waals surface area contributed by atoms with Crippen LogP contribution in [0.25, 0.3) is 0 Å². The van der Waals surface area contributed by atoms with Crippen molar-refractivity contribution >= 4 is 5.97 Å². The number of hydrogen-bond acceptors (Lipinski definition) is 28. The van der Waals surface area contributed by atoms with E-state index >= 15 is 0 Å². The third-order valence-corrected chi connectivity index (χ3v) is 19.2. The molecule has 6 unspecified atom stereocenters. The Kier molecular flexibility index (Phi) is 18.2. The second kappa shape index (κ2) is 23.3. The summed E-state index contributed by atoms with van der Waals surface area (Å²) in [5.41, 5.74) is -2.81. The van der Waals surface area contributed by atoms with Crippen molar-refractivity contribution in [1.29, 1.82) is 0 Å². The highest BCUT2D eigenvalue weighted by molar-refractivity contribution is 5.77. The van der Waals surface area contributed by atoms with E-state index in [9.17, 15) is 91.6 Å². The van der Waals surface area contributed by atoms with Crippen LogP contribution in [0.2, 0.25) is 0 Å². The van der Waals surface area contributed by atoms with Gasteiger partial charge in [0.05, 0.1) is 44.1 Å². The molecule has 0 radical (unpaired) electrons. The average Bonchev–Trinajstić information content (AvgIpc) is 3.61. The van der Waals surface area contributed by atoms with Crippen LogP contribution in [0.1, 0.15) is 71.6 Å². The van der Waals surface area contributed by atoms with Crippen LogP contribution in [-0.2, 0) is 52.2 Å². The highest BCUT2D eigenvalue weighted by atomic mass is 16.8. The molecular weight excluding hydrogens is 1050 g/mol. The molecule has 17 N–H and O–H groups in total. The summed E-state index contributed by atoms with van der Waals surface area (Å²) >= 11 is 0. The largest absolute Gasteiger partial charge is 0.432 e. The highest BCUT2D eigenvalue weighted by Crippen LogP contribution is 2.74. The van der Waals surface area contributed by atoms with Gasteiger partial charge in [0.25, 0.3) is 0 Å². The Hall–Kier alpha value is -1.83. The molecule has 448 valence electrons. The summed E-state index contributed by atoms with van der Waals surface area (Å²) in [6.07, 6.45) is -39.9. The van der Waals surface area contributed by atoms with Gasteiger partial charge in [-0.3, -0.25) is 4.79 Å². The van der Waals surface area contributed by atoms with E-state index in [0.717, 1.165) is 0 Å². The molecule has 5 heterocycles. The van der Waals surface area contributed by atoms with Crippen molar-refractivity contribution in [3.63, 3.8) is 0 Å². The van der Waals surface area contributed by atoms with Crippen LogP contribution in [0.15, 0.2) is 12.2 Å². The van der Waals surface area contributed by atoms with Gasteiger partial charge in [0.2, 0.25) is 6.29 Å². The van der Waals surface area contributed by atoms with Crippen molar-refractivity contribution in [2.45, 2.75) is 231 Å². The standard InChI is InChI=1S/C50H80O28/c1-18-11-49-9-5-24-47(2,7-4-8-48(24,3)46(68)77-44-39(34(64)29(59)22(15-54)72-44)75-42-36(66)32(62)27(57)20(13-52)70-42)25(49)6-10-50(18,17-49)78-45-40(76-43-37(67)33(63)28(58)21(14-53)71-43)38(30(60)23(16-55)73-45)74-41-35(65)31(61)26(56)19(12-51)69-41/h19-45,51-67H,1,4-17H2,2-3H3/t19-,20-,21-,22-,23-,24?,25?,26-,27-,28-,29-,30-,31+,32+,33+,34+,35-,36-,37-,38+,39-,40-,41+,42+,43+,44+,45+,47?,48?,49?,50?/m1/s1. The van der Waals surface area contributed by atoms with E-state index < -0.39 is 214 Å². The van der Waals surface area contributed by atoms with Gasteiger partial charge in [-0.15, -0.1) is 0 Å². The highest BCUT2D eigenvalue weighted by Gasteiger charge is 2.70. The summed E-state index contributed by atoms with van der Waals surface area (Å²) in [5, 5.41) is 181. The predicted molar refractivity (Wildman–Crippen MR) is 252 cm³/mol. The SMILES string of the molecule is C=C1CC23CCC4C(C)(C(=O)O[C@@H]5O[C@H](CO)[C@@H](O)[C@H](O)[C@H]5O[C@@H]5O[C@H](CO)[C@@H](O)[C@H](O)[C@H]5O)CCCC4(C)C2CCC1(O[C@@H]1O[C@H](CO)[C@@H](O)[C@H](O[C@@H]2O[C@H](CO)[C@@H](O)[C@H](O)[C@H]2O)[C@H]1O[C@@H]1O[C@H](CO)[C@@H](O)[C@H](O)[C@H]1O)C3. The number of carbonyl (C=O) groups is 1. The zero-order valence-electron chi connectivity index (χ0n) is 43.3. The fourth-order valence-corrected chi connectivity index (χ4v) is 15.0. The first-order chi connectivity index (χ1) is 36.9. The lowest BCUT2D eigenvalue weighted by molar-refractivity contribution is -0.400. The zero-order chi connectivity index (χ0) is 56.7. The van der Waals surface area contributed by atoms with Crippen LogP contribution in [-0.4, -0.2) is 285 Å². The number of ether oxygens (including phenoxy) is 10. The molecular formula is C50H80O28. The van der Waals surface area contributed by atoms with Crippen LogP contribution in [0.5, 0.6) is 0 Å². The summed E-state index contributed by atoms with van der Waals surface area (Å²) in [6.45, 7) is 4.32. The first kappa shape index (κ1) is 60.8. The molecule has 28 heteroatoms. The second-order valence-corrected chi connectivity index (χ2v) is 23.6. The van der Waals surface area contributed by atoms with Crippen LogP contribution in [0.3, 0.4) is 0 Å². The van der Waals surface area contributed by atoms with Crippen molar-refractivity contribution in [1.82, 2.24) is 0 Å². The van der Waals surface area contributed by atoms with Gasteiger partial charge < -0.3 is 134 Å². The van der Waals surface area contributed by atoms with Gasteiger partial charge >= 0.3 is 5.97 Å². The van der Waals surface area contributed by atoms with E-state index in [-0.39, 0.29) is 11.8 Å². The van der Waals surface area contributed by atoms with Crippen molar-refractivity contribution < 1.29 is 139 Å². The van der Waals surface area contributed by atoms with Gasteiger partial charge in [0, 0.05) is 0 Å². The number of fused-ring (bicyclic) bond motifs is 3. The van der Waals surface area contributed by atoms with Crippen LogP contribution < -0.4 is 0 Å². The van der Waals surface area contributed by atoms with E-state index in [0.29, 0.717) is 63.4 Å². The maximum absolute atomic E-state index is 14.9. The first-order valence-corrected chi connectivity index (χ1v) is 26.9. The quantitative estimate of drug-likeness (QED) is 0.0411. The molecule has 0 aromatic heterocycles. The van der Waals surface area contributed by atoms with Crippen LogP contribution in [0, 0.1) is 28.1 Å². The molecule has 31 atom stereocenters. The Morgan fingerprint density at radius 1 is 0.487 bits per heavy atom. The first-order valence-electron chi connectivity index (χ1n) is 26.9. The Morgan fingerprint density at radius 3 is 1.41 bits per heavy atom. The molecule has 9 aliphatic rings. The van der Waals surface area contributed by atoms with Gasteiger partial charge in [0.15, 0.2) is 31.3 Å². The number of rotatable bonds is 15. The minimum Gasteiger partial charge on any atom is -0.432 e.